The van der Waals surface area contributed by atoms with Gasteiger partial charge in [-0.25, -0.2) is 9.97 Å². The number of aromatic amines is 2. The molecule has 0 fully saturated rings. The molecular weight excluding hydrogens is 354 g/mol. The first-order valence-electron chi connectivity index (χ1n) is 8.81. The van der Waals surface area contributed by atoms with Gasteiger partial charge < -0.3 is 10.1 Å². The van der Waals surface area contributed by atoms with Gasteiger partial charge in [0.25, 0.3) is 0 Å². The molecule has 4 heterocycles. The van der Waals surface area contributed by atoms with E-state index < -0.39 is 0 Å². The Hall–Kier alpha value is -3.78. The molecule has 0 aliphatic carbocycles. The standard InChI is InChI=1S/C20H17N7O/c1-27-10-14(8-23-27)13-6-16-17(9-22-18(16)21-7-13)20-24-19(25-26-20)15-5-3-2-4-12(15)11-28/h2-10,28H,11H2,1H3,(H,21,22)(H,24,25,26). The molecule has 0 aliphatic rings. The smallest absolute Gasteiger partial charge is 0.183 e. The highest BCUT2D eigenvalue weighted by molar-refractivity contribution is 5.94. The molecule has 0 aliphatic heterocycles. The van der Waals surface area contributed by atoms with Crippen molar-refractivity contribution in [1.29, 1.82) is 0 Å². The summed E-state index contributed by atoms with van der Waals surface area (Å²) in [7, 11) is 1.89. The highest BCUT2D eigenvalue weighted by atomic mass is 16.3. The van der Waals surface area contributed by atoms with Crippen LogP contribution in [0.5, 0.6) is 0 Å². The van der Waals surface area contributed by atoms with Crippen LogP contribution in [0.2, 0.25) is 0 Å². The maximum atomic E-state index is 9.57. The Balaban J connectivity index is 1.59. The Kier molecular flexibility index (Phi) is 3.77. The molecule has 28 heavy (non-hydrogen) atoms. The third-order valence-corrected chi connectivity index (χ3v) is 4.74. The van der Waals surface area contributed by atoms with E-state index >= 15 is 0 Å². The number of aryl methyl sites for hydroxylation is 1. The highest BCUT2D eigenvalue weighted by Crippen LogP contribution is 2.30. The van der Waals surface area contributed by atoms with Gasteiger partial charge >= 0.3 is 0 Å². The first kappa shape index (κ1) is 16.4. The van der Waals surface area contributed by atoms with Crippen molar-refractivity contribution in [1.82, 2.24) is 34.9 Å². The second-order valence-electron chi connectivity index (χ2n) is 6.55. The number of nitrogens with zero attached hydrogens (tertiary/aromatic N) is 5. The van der Waals surface area contributed by atoms with E-state index in [2.05, 4.69) is 36.3 Å². The molecule has 1 aromatic carbocycles. The predicted molar refractivity (Wildman–Crippen MR) is 105 cm³/mol. The molecular formula is C20H17N7O. The summed E-state index contributed by atoms with van der Waals surface area (Å²) in [5.41, 5.74) is 5.23. The van der Waals surface area contributed by atoms with Crippen molar-refractivity contribution in [2.24, 2.45) is 7.05 Å². The van der Waals surface area contributed by atoms with E-state index in [9.17, 15) is 5.11 Å². The summed E-state index contributed by atoms with van der Waals surface area (Å²) in [6.45, 7) is -0.0579. The zero-order valence-electron chi connectivity index (χ0n) is 15.1. The third-order valence-electron chi connectivity index (χ3n) is 4.74. The van der Waals surface area contributed by atoms with Gasteiger partial charge in [-0.2, -0.15) is 10.2 Å². The van der Waals surface area contributed by atoms with E-state index in [4.69, 9.17) is 0 Å². The van der Waals surface area contributed by atoms with Gasteiger partial charge in [0.1, 0.15) is 5.65 Å². The summed E-state index contributed by atoms with van der Waals surface area (Å²) in [4.78, 5) is 12.3. The number of nitrogens with one attached hydrogen (secondary N) is 2. The lowest BCUT2D eigenvalue weighted by molar-refractivity contribution is 0.282. The molecule has 5 rings (SSSR count). The van der Waals surface area contributed by atoms with Crippen LogP contribution in [0.4, 0.5) is 0 Å². The largest absolute Gasteiger partial charge is 0.392 e. The minimum atomic E-state index is -0.0579. The van der Waals surface area contributed by atoms with Crippen molar-refractivity contribution in [2.75, 3.05) is 0 Å². The van der Waals surface area contributed by atoms with E-state index in [1.54, 1.807) is 4.68 Å². The molecule has 0 saturated heterocycles. The van der Waals surface area contributed by atoms with Gasteiger partial charge in [-0.05, 0) is 11.6 Å². The van der Waals surface area contributed by atoms with Gasteiger partial charge in [-0.3, -0.25) is 9.78 Å². The Morgan fingerprint density at radius 3 is 2.82 bits per heavy atom. The molecule has 0 bridgehead atoms. The lowest BCUT2D eigenvalue weighted by Gasteiger charge is -2.02. The minimum Gasteiger partial charge on any atom is -0.392 e. The Bertz CT molecular complexity index is 1280. The van der Waals surface area contributed by atoms with E-state index in [-0.39, 0.29) is 6.61 Å². The lowest BCUT2D eigenvalue weighted by atomic mass is 10.1. The fraction of sp³-hybridized carbons (Fsp3) is 0.100. The summed E-state index contributed by atoms with van der Waals surface area (Å²) in [5.74, 6) is 1.18. The molecule has 8 heteroatoms. The predicted octanol–water partition coefficient (Wildman–Crippen LogP) is 2.91. The van der Waals surface area contributed by atoms with Gasteiger partial charge in [0.05, 0.1) is 12.8 Å². The van der Waals surface area contributed by atoms with Crippen LogP contribution in [0.15, 0.2) is 55.1 Å². The van der Waals surface area contributed by atoms with Crippen LogP contribution in [-0.2, 0) is 13.7 Å². The zero-order chi connectivity index (χ0) is 19.1. The number of aliphatic hydroxyl groups excluding tert-OH is 1. The maximum Gasteiger partial charge on any atom is 0.183 e. The third kappa shape index (κ3) is 2.67. The summed E-state index contributed by atoms with van der Waals surface area (Å²) in [6, 6.07) is 9.63. The molecule has 138 valence electrons. The van der Waals surface area contributed by atoms with Crippen LogP contribution >= 0.6 is 0 Å². The van der Waals surface area contributed by atoms with Crippen LogP contribution in [0.1, 0.15) is 5.56 Å². The van der Waals surface area contributed by atoms with Crippen molar-refractivity contribution < 1.29 is 5.11 Å². The van der Waals surface area contributed by atoms with Crippen molar-refractivity contribution in [3.05, 3.63) is 60.7 Å². The lowest BCUT2D eigenvalue weighted by Crippen LogP contribution is -1.90. The number of aromatic nitrogens is 7. The van der Waals surface area contributed by atoms with Crippen LogP contribution in [0.3, 0.4) is 0 Å². The summed E-state index contributed by atoms with van der Waals surface area (Å²) < 4.78 is 1.76. The Labute approximate surface area is 159 Å². The molecule has 4 aromatic heterocycles. The van der Waals surface area contributed by atoms with Crippen molar-refractivity contribution in [3.8, 4) is 33.9 Å². The number of aliphatic hydroxyl groups is 1. The second kappa shape index (κ2) is 6.43. The number of fused-ring (bicyclic) bond motifs is 1. The maximum absolute atomic E-state index is 9.57. The Morgan fingerprint density at radius 2 is 2.00 bits per heavy atom. The van der Waals surface area contributed by atoms with Crippen LogP contribution in [-0.4, -0.2) is 40.0 Å². The van der Waals surface area contributed by atoms with Gasteiger partial charge in [0.2, 0.25) is 0 Å². The molecule has 0 saturated carbocycles. The van der Waals surface area contributed by atoms with Crippen LogP contribution in [0, 0.1) is 0 Å². The first-order chi connectivity index (χ1) is 13.7. The highest BCUT2D eigenvalue weighted by Gasteiger charge is 2.15. The van der Waals surface area contributed by atoms with Gasteiger partial charge in [0.15, 0.2) is 11.6 Å². The number of benzene rings is 1. The van der Waals surface area contributed by atoms with Crippen LogP contribution < -0.4 is 0 Å². The van der Waals surface area contributed by atoms with Gasteiger partial charge in [0, 0.05) is 53.3 Å². The van der Waals surface area contributed by atoms with E-state index in [0.29, 0.717) is 11.6 Å². The average molecular weight is 371 g/mol. The quantitative estimate of drug-likeness (QED) is 0.450. The SMILES string of the molecule is Cn1cc(-c2cnc3[nH]cc(-c4n[nH]c(-c5ccccc5CO)n4)c3c2)cn1. The number of hydrogen-bond donors (Lipinski definition) is 3. The van der Waals surface area contributed by atoms with Crippen molar-refractivity contribution >= 4 is 11.0 Å². The van der Waals surface area contributed by atoms with E-state index in [1.165, 1.54) is 0 Å². The average Bonchev–Trinajstić information content (AvgIpc) is 3.46. The molecule has 0 unspecified atom stereocenters. The van der Waals surface area contributed by atoms with Gasteiger partial charge in [-0.15, -0.1) is 0 Å². The minimum absolute atomic E-state index is 0.0579. The number of pyridine rings is 1. The molecule has 0 atom stereocenters. The van der Waals surface area contributed by atoms with Crippen LogP contribution in [0.25, 0.3) is 44.9 Å². The number of rotatable bonds is 4. The fourth-order valence-electron chi connectivity index (χ4n) is 3.31. The molecule has 8 nitrogen and oxygen atoms in total. The molecule has 0 amide bonds. The second-order valence-corrected chi connectivity index (χ2v) is 6.55. The summed E-state index contributed by atoms with van der Waals surface area (Å²) in [5, 5.41) is 22.1. The Morgan fingerprint density at radius 1 is 1.11 bits per heavy atom. The molecule has 0 spiro atoms. The topological polar surface area (TPSA) is 108 Å². The number of hydrogen-bond acceptors (Lipinski definition) is 5. The normalized spacial score (nSPS) is 11.4. The van der Waals surface area contributed by atoms with Gasteiger partial charge in [-0.1, -0.05) is 24.3 Å². The fourth-order valence-corrected chi connectivity index (χ4v) is 3.31. The van der Waals surface area contributed by atoms with Crippen molar-refractivity contribution in [3.63, 3.8) is 0 Å². The summed E-state index contributed by atoms with van der Waals surface area (Å²) >= 11 is 0. The first-order valence-corrected chi connectivity index (χ1v) is 8.81. The van der Waals surface area contributed by atoms with Crippen molar-refractivity contribution in [2.45, 2.75) is 6.61 Å². The zero-order valence-corrected chi connectivity index (χ0v) is 15.1. The number of H-pyrrole nitrogens is 2. The monoisotopic (exact) mass is 371 g/mol. The summed E-state index contributed by atoms with van der Waals surface area (Å²) in [6.07, 6.45) is 7.44. The van der Waals surface area contributed by atoms with E-state index in [0.717, 1.165) is 38.9 Å². The molecule has 3 N–H and O–H groups in total. The molecule has 5 aromatic rings. The molecule has 0 radical (unpaired) electrons. The van der Waals surface area contributed by atoms with E-state index in [1.807, 2.05) is 56.1 Å².